The van der Waals surface area contributed by atoms with Crippen LogP contribution in [-0.2, 0) is 16.2 Å². The van der Waals surface area contributed by atoms with Crippen molar-refractivity contribution in [2.45, 2.75) is 36.9 Å². The number of nitrogens with one attached hydrogen (secondary N) is 1. The third-order valence-corrected chi connectivity index (χ3v) is 5.85. The van der Waals surface area contributed by atoms with Gasteiger partial charge < -0.3 is 10.2 Å². The Balaban J connectivity index is 1.82. The van der Waals surface area contributed by atoms with Gasteiger partial charge in [-0.15, -0.1) is 0 Å². The first-order valence-electron chi connectivity index (χ1n) is 8.97. The topological polar surface area (TPSA) is 75.4 Å². The predicted octanol–water partition coefficient (Wildman–Crippen LogP) is 3.88. The molecule has 0 bridgehead atoms. The number of nitrogens with zero attached hydrogens (tertiary/aromatic N) is 1. The molecule has 1 atom stereocenters. The first-order chi connectivity index (χ1) is 13.4. The summed E-state index contributed by atoms with van der Waals surface area (Å²) in [4.78, 5) is 1.10. The van der Waals surface area contributed by atoms with Crippen molar-refractivity contribution < 1.29 is 26.0 Å². The molecule has 2 aromatic rings. The highest BCUT2D eigenvalue weighted by Crippen LogP contribution is 2.36. The zero-order valence-electron chi connectivity index (χ0n) is 15.6. The molecule has 0 radical (unpaired) electrons. The van der Waals surface area contributed by atoms with E-state index in [2.05, 4.69) is 10.2 Å². The second-order valence-electron chi connectivity index (χ2n) is 7.11. The summed E-state index contributed by atoms with van der Waals surface area (Å²) in [6.45, 7) is 3.07. The monoisotopic (exact) mass is 431 g/mol. The van der Waals surface area contributed by atoms with Crippen molar-refractivity contribution in [1.82, 2.24) is 0 Å². The third-order valence-electron chi connectivity index (χ3n) is 4.88. The van der Waals surface area contributed by atoms with E-state index < -0.39 is 26.7 Å². The van der Waals surface area contributed by atoms with Crippen LogP contribution in [0, 0.1) is 12.7 Å². The number of aryl methyl sites for hydroxylation is 1. The van der Waals surface area contributed by atoms with Gasteiger partial charge in [0.1, 0.15) is 5.82 Å². The van der Waals surface area contributed by atoms with Crippen molar-refractivity contribution in [2.75, 3.05) is 23.3 Å². The SMILES string of the molecule is Cc1cc(F)ccc1N1CCCC(Nc2ccc(S(N)(=O)=O)c(C(F)(F)F)c2)C1. The third kappa shape index (κ3) is 4.99. The second-order valence-corrected chi connectivity index (χ2v) is 8.64. The molecule has 5 nitrogen and oxygen atoms in total. The maximum atomic E-state index is 13.4. The smallest absolute Gasteiger partial charge is 0.381 e. The highest BCUT2D eigenvalue weighted by atomic mass is 32.2. The van der Waals surface area contributed by atoms with Crippen molar-refractivity contribution in [3.05, 3.63) is 53.3 Å². The van der Waals surface area contributed by atoms with Gasteiger partial charge in [0.15, 0.2) is 0 Å². The number of rotatable bonds is 4. The van der Waals surface area contributed by atoms with Crippen molar-refractivity contribution in [3.63, 3.8) is 0 Å². The van der Waals surface area contributed by atoms with Crippen LogP contribution in [-0.4, -0.2) is 27.5 Å². The van der Waals surface area contributed by atoms with Crippen molar-refractivity contribution in [1.29, 1.82) is 0 Å². The van der Waals surface area contributed by atoms with Crippen LogP contribution in [0.1, 0.15) is 24.0 Å². The maximum absolute atomic E-state index is 13.4. The molecular formula is C19H21F4N3O2S. The van der Waals surface area contributed by atoms with E-state index in [1.807, 2.05) is 0 Å². The van der Waals surface area contributed by atoms with Gasteiger partial charge in [-0.3, -0.25) is 0 Å². The number of hydrogen-bond donors (Lipinski definition) is 2. The molecule has 1 unspecified atom stereocenters. The molecular weight excluding hydrogens is 410 g/mol. The van der Waals surface area contributed by atoms with Crippen LogP contribution in [0.2, 0.25) is 0 Å². The molecule has 0 amide bonds. The van der Waals surface area contributed by atoms with E-state index in [1.54, 1.807) is 13.0 Å². The molecule has 3 N–H and O–H groups in total. The van der Waals surface area contributed by atoms with Gasteiger partial charge in [0.25, 0.3) is 0 Å². The number of benzene rings is 2. The van der Waals surface area contributed by atoms with E-state index >= 15 is 0 Å². The Kier molecular flexibility index (Phi) is 5.77. The first kappa shape index (κ1) is 21.4. The van der Waals surface area contributed by atoms with E-state index in [4.69, 9.17) is 5.14 Å². The van der Waals surface area contributed by atoms with Gasteiger partial charge in [-0.25, -0.2) is 17.9 Å². The molecule has 3 rings (SSSR count). The van der Waals surface area contributed by atoms with Crippen LogP contribution in [0.3, 0.4) is 0 Å². The molecule has 0 saturated carbocycles. The summed E-state index contributed by atoms with van der Waals surface area (Å²) in [7, 11) is -4.51. The van der Waals surface area contributed by atoms with Gasteiger partial charge in [0.05, 0.1) is 10.5 Å². The van der Waals surface area contributed by atoms with Crippen LogP contribution in [0.4, 0.5) is 28.9 Å². The quantitative estimate of drug-likeness (QED) is 0.721. The second kappa shape index (κ2) is 7.83. The summed E-state index contributed by atoms with van der Waals surface area (Å²) in [5.74, 6) is -0.326. The highest BCUT2D eigenvalue weighted by molar-refractivity contribution is 7.89. The van der Waals surface area contributed by atoms with Gasteiger partial charge in [0, 0.05) is 30.5 Å². The lowest BCUT2D eigenvalue weighted by molar-refractivity contribution is -0.139. The van der Waals surface area contributed by atoms with Crippen LogP contribution in [0.5, 0.6) is 0 Å². The fourth-order valence-corrected chi connectivity index (χ4v) is 4.35. The minimum atomic E-state index is -4.86. The van der Waals surface area contributed by atoms with Crippen LogP contribution >= 0.6 is 0 Å². The summed E-state index contributed by atoms with van der Waals surface area (Å²) >= 11 is 0. The predicted molar refractivity (Wildman–Crippen MR) is 103 cm³/mol. The highest BCUT2D eigenvalue weighted by Gasteiger charge is 2.37. The van der Waals surface area contributed by atoms with Crippen LogP contribution in [0.25, 0.3) is 0 Å². The number of nitrogens with two attached hydrogens (primary N) is 1. The number of halogens is 4. The Bertz CT molecular complexity index is 1010. The normalized spacial score (nSPS) is 18.0. The van der Waals surface area contributed by atoms with E-state index in [9.17, 15) is 26.0 Å². The lowest BCUT2D eigenvalue weighted by Gasteiger charge is -2.36. The van der Waals surface area contributed by atoms with Crippen molar-refractivity contribution in [2.24, 2.45) is 5.14 Å². The minimum Gasteiger partial charge on any atom is -0.381 e. The summed E-state index contributed by atoms with van der Waals surface area (Å²) in [5.41, 5.74) is 0.514. The molecule has 158 valence electrons. The Morgan fingerprint density at radius 1 is 1.17 bits per heavy atom. The fourth-order valence-electron chi connectivity index (χ4n) is 3.61. The summed E-state index contributed by atoms with van der Waals surface area (Å²) in [6.07, 6.45) is -3.33. The molecule has 0 aliphatic carbocycles. The lowest BCUT2D eigenvalue weighted by Crippen LogP contribution is -2.42. The zero-order chi connectivity index (χ0) is 21.4. The number of alkyl halides is 3. The van der Waals surface area contributed by atoms with E-state index in [0.29, 0.717) is 6.54 Å². The summed E-state index contributed by atoms with van der Waals surface area (Å²) < 4.78 is 76.3. The zero-order valence-corrected chi connectivity index (χ0v) is 16.4. The average molecular weight is 431 g/mol. The lowest BCUT2D eigenvalue weighted by atomic mass is 10.0. The van der Waals surface area contributed by atoms with Gasteiger partial charge in [-0.05, 0) is 61.7 Å². The Labute approximate surface area is 166 Å². The van der Waals surface area contributed by atoms with Gasteiger partial charge in [-0.2, -0.15) is 13.2 Å². The number of anilines is 2. The molecule has 1 aliphatic heterocycles. The molecule has 10 heteroatoms. The Hall–Kier alpha value is -2.33. The standard InChI is InChI=1S/C19H21F4N3O2S/c1-12-9-13(20)4-6-17(12)26-8-2-3-15(11-26)25-14-5-7-18(29(24,27)28)16(10-14)19(21,22)23/h4-7,9-10,15,25H,2-3,8,11H2,1H3,(H2,24,27,28). The minimum absolute atomic E-state index is 0.158. The molecule has 1 fully saturated rings. The van der Waals surface area contributed by atoms with Crippen LogP contribution < -0.4 is 15.4 Å². The van der Waals surface area contributed by atoms with Gasteiger partial charge >= 0.3 is 6.18 Å². The summed E-state index contributed by atoms with van der Waals surface area (Å²) in [6, 6.07) is 7.25. The first-order valence-corrected chi connectivity index (χ1v) is 10.5. The van der Waals surface area contributed by atoms with E-state index in [1.165, 1.54) is 18.2 Å². The Morgan fingerprint density at radius 3 is 2.52 bits per heavy atom. The van der Waals surface area contributed by atoms with Crippen LogP contribution in [0.15, 0.2) is 41.3 Å². The molecule has 1 heterocycles. The molecule has 29 heavy (non-hydrogen) atoms. The molecule has 2 aromatic carbocycles. The average Bonchev–Trinajstić information content (AvgIpc) is 2.60. The number of primary sulfonamides is 1. The van der Waals surface area contributed by atoms with Crippen molar-refractivity contribution in [3.8, 4) is 0 Å². The molecule has 1 saturated heterocycles. The summed E-state index contributed by atoms with van der Waals surface area (Å²) in [5, 5.41) is 7.97. The van der Waals surface area contributed by atoms with Crippen molar-refractivity contribution >= 4 is 21.4 Å². The maximum Gasteiger partial charge on any atom is 0.417 e. The molecule has 0 spiro atoms. The molecule has 1 aliphatic rings. The number of hydrogen-bond acceptors (Lipinski definition) is 4. The van der Waals surface area contributed by atoms with Gasteiger partial charge in [-0.1, -0.05) is 0 Å². The van der Waals surface area contributed by atoms with E-state index in [0.717, 1.165) is 42.8 Å². The Morgan fingerprint density at radius 2 is 1.90 bits per heavy atom. The number of sulfonamides is 1. The fraction of sp³-hybridized carbons (Fsp3) is 0.368. The number of piperidine rings is 1. The largest absolute Gasteiger partial charge is 0.417 e. The van der Waals surface area contributed by atoms with E-state index in [-0.39, 0.29) is 17.5 Å². The van der Waals surface area contributed by atoms with Gasteiger partial charge in [0.2, 0.25) is 10.0 Å². The molecule has 0 aromatic heterocycles.